The molecule has 0 atom stereocenters. The summed E-state index contributed by atoms with van der Waals surface area (Å²) >= 11 is 0. The van der Waals surface area contributed by atoms with E-state index in [1.807, 2.05) is 66.7 Å². The van der Waals surface area contributed by atoms with Crippen molar-refractivity contribution in [2.24, 2.45) is 0 Å². The van der Waals surface area contributed by atoms with Crippen molar-refractivity contribution in [2.45, 2.75) is 6.54 Å². The monoisotopic (exact) mass is 337 g/mol. The molecule has 0 bridgehead atoms. The largest absolute Gasteiger partial charge is 0.179 e. The summed E-state index contributed by atoms with van der Waals surface area (Å²) in [7, 11) is 0. The Morgan fingerprint density at radius 3 is 1.96 bits per heavy atom. The van der Waals surface area contributed by atoms with E-state index in [0.717, 1.165) is 28.1 Å². The maximum atomic E-state index is 4.77. The fourth-order valence-corrected chi connectivity index (χ4v) is 2.94. The van der Waals surface area contributed by atoms with Crippen molar-refractivity contribution in [1.82, 2.24) is 15.0 Å². The van der Waals surface area contributed by atoms with Gasteiger partial charge >= 0.3 is 0 Å². The van der Waals surface area contributed by atoms with Gasteiger partial charge in [-0.2, -0.15) is 15.0 Å². The molecule has 0 saturated heterocycles. The zero-order valence-electron chi connectivity index (χ0n) is 14.4. The van der Waals surface area contributed by atoms with E-state index in [4.69, 9.17) is 10.2 Å². The Balaban J connectivity index is 1.77. The van der Waals surface area contributed by atoms with E-state index in [1.54, 1.807) is 4.80 Å². The first kappa shape index (κ1) is 16.0. The fourth-order valence-electron chi connectivity index (χ4n) is 2.94. The highest BCUT2D eigenvalue weighted by atomic mass is 15.5. The molecule has 4 rings (SSSR count). The van der Waals surface area contributed by atoms with Gasteiger partial charge in [0.05, 0.1) is 6.54 Å². The highest BCUT2D eigenvalue weighted by Gasteiger charge is 2.17. The van der Waals surface area contributed by atoms with Crippen molar-refractivity contribution in [1.29, 1.82) is 0 Å². The van der Waals surface area contributed by atoms with E-state index in [2.05, 4.69) is 30.8 Å². The molecule has 0 fully saturated rings. The molecule has 0 amide bonds. The maximum absolute atomic E-state index is 4.77. The molecule has 0 unspecified atom stereocenters. The lowest BCUT2D eigenvalue weighted by molar-refractivity contribution is 0.591. The Labute approximate surface area is 153 Å². The molecule has 126 valence electrons. The molecule has 0 N–H and O–H groups in total. The minimum absolute atomic E-state index is 0.628. The lowest BCUT2D eigenvalue weighted by atomic mass is 10.0. The molecule has 1 aromatic heterocycles. The number of hydrogen-bond acceptors (Lipinski definition) is 2. The summed E-state index contributed by atoms with van der Waals surface area (Å²) in [5, 5.41) is 9.53. The molecular weight excluding hydrogens is 318 g/mol. The van der Waals surface area contributed by atoms with Crippen LogP contribution in [0.2, 0.25) is 0 Å². The van der Waals surface area contributed by atoms with Crippen LogP contribution >= 0.6 is 0 Å². The molecule has 1 heterocycles. The van der Waals surface area contributed by atoms with Crippen LogP contribution in [0.5, 0.6) is 0 Å². The van der Waals surface area contributed by atoms with E-state index >= 15 is 0 Å². The standard InChI is InChI=1S/C23H19N3/c1-18(20-13-7-3-8-14-20)22-23(21-15-9-4-10-16-21)25-26(24-22)17-19-11-5-2-6-12-19/h2-16H,1,17H2. The van der Waals surface area contributed by atoms with Crippen LogP contribution in [-0.2, 0) is 6.54 Å². The molecule has 4 aromatic rings. The van der Waals surface area contributed by atoms with Crippen LogP contribution in [0.25, 0.3) is 16.8 Å². The van der Waals surface area contributed by atoms with Crippen LogP contribution in [0, 0.1) is 0 Å². The first-order valence-corrected chi connectivity index (χ1v) is 8.60. The number of aromatic nitrogens is 3. The third-order valence-electron chi connectivity index (χ3n) is 4.28. The SMILES string of the molecule is C=C(c1ccccc1)c1nn(Cc2ccccc2)nc1-c1ccccc1. The minimum Gasteiger partial charge on any atom is -0.179 e. The second-order valence-corrected chi connectivity index (χ2v) is 6.12. The summed E-state index contributed by atoms with van der Waals surface area (Å²) in [6.07, 6.45) is 0. The maximum Gasteiger partial charge on any atom is 0.121 e. The van der Waals surface area contributed by atoms with Crippen LogP contribution in [0.1, 0.15) is 16.8 Å². The van der Waals surface area contributed by atoms with Gasteiger partial charge in [-0.3, -0.25) is 0 Å². The topological polar surface area (TPSA) is 30.7 Å². The summed E-state index contributed by atoms with van der Waals surface area (Å²) < 4.78 is 0. The van der Waals surface area contributed by atoms with Crippen molar-refractivity contribution >= 4 is 5.57 Å². The van der Waals surface area contributed by atoms with Crippen molar-refractivity contribution in [3.8, 4) is 11.3 Å². The summed E-state index contributed by atoms with van der Waals surface area (Å²) in [5.74, 6) is 0. The smallest absolute Gasteiger partial charge is 0.121 e. The number of nitrogens with zero attached hydrogens (tertiary/aromatic N) is 3. The molecule has 3 aromatic carbocycles. The van der Waals surface area contributed by atoms with Gasteiger partial charge in [0.2, 0.25) is 0 Å². The lowest BCUT2D eigenvalue weighted by Crippen LogP contribution is -2.04. The van der Waals surface area contributed by atoms with E-state index in [-0.39, 0.29) is 0 Å². The lowest BCUT2D eigenvalue weighted by Gasteiger charge is -2.04. The van der Waals surface area contributed by atoms with E-state index in [9.17, 15) is 0 Å². The quantitative estimate of drug-likeness (QED) is 0.510. The summed E-state index contributed by atoms with van der Waals surface area (Å²) in [6.45, 7) is 4.91. The Hall–Kier alpha value is -3.46. The fraction of sp³-hybridized carbons (Fsp3) is 0.0435. The van der Waals surface area contributed by atoms with Gasteiger partial charge < -0.3 is 0 Å². The molecule has 26 heavy (non-hydrogen) atoms. The predicted octanol–water partition coefficient (Wildman–Crippen LogP) is 5.05. The van der Waals surface area contributed by atoms with Gasteiger partial charge in [-0.15, -0.1) is 0 Å². The average Bonchev–Trinajstić information content (AvgIpc) is 3.13. The number of hydrogen-bond donors (Lipinski definition) is 0. The normalized spacial score (nSPS) is 10.6. The van der Waals surface area contributed by atoms with Gasteiger partial charge in [0.15, 0.2) is 0 Å². The molecule has 0 aliphatic rings. The molecule has 0 aliphatic carbocycles. The van der Waals surface area contributed by atoms with Gasteiger partial charge in [-0.05, 0) is 11.1 Å². The van der Waals surface area contributed by atoms with Gasteiger partial charge in [0.25, 0.3) is 0 Å². The molecule has 3 heteroatoms. The zero-order chi connectivity index (χ0) is 17.8. The number of rotatable bonds is 5. The van der Waals surface area contributed by atoms with Crippen molar-refractivity contribution in [2.75, 3.05) is 0 Å². The van der Waals surface area contributed by atoms with Crippen LogP contribution in [0.3, 0.4) is 0 Å². The summed E-state index contributed by atoms with van der Waals surface area (Å²) in [5.41, 5.74) is 5.81. The average molecular weight is 337 g/mol. The van der Waals surface area contributed by atoms with Crippen LogP contribution < -0.4 is 0 Å². The molecule has 0 radical (unpaired) electrons. The Bertz CT molecular complexity index is 1000. The van der Waals surface area contributed by atoms with E-state index in [1.165, 1.54) is 5.56 Å². The first-order chi connectivity index (χ1) is 12.8. The van der Waals surface area contributed by atoms with Crippen LogP contribution in [0.15, 0.2) is 97.6 Å². The molecule has 0 saturated carbocycles. The Morgan fingerprint density at radius 2 is 1.31 bits per heavy atom. The zero-order valence-corrected chi connectivity index (χ0v) is 14.4. The van der Waals surface area contributed by atoms with Gasteiger partial charge in [0.1, 0.15) is 11.4 Å². The molecule has 0 aliphatic heterocycles. The van der Waals surface area contributed by atoms with E-state index < -0.39 is 0 Å². The predicted molar refractivity (Wildman–Crippen MR) is 106 cm³/mol. The van der Waals surface area contributed by atoms with Crippen molar-refractivity contribution in [3.05, 3.63) is 114 Å². The van der Waals surface area contributed by atoms with E-state index in [0.29, 0.717) is 6.54 Å². The Kier molecular flexibility index (Phi) is 4.44. The second-order valence-electron chi connectivity index (χ2n) is 6.12. The molecule has 0 spiro atoms. The van der Waals surface area contributed by atoms with Gasteiger partial charge in [-0.1, -0.05) is 97.6 Å². The molecule has 3 nitrogen and oxygen atoms in total. The third kappa shape index (κ3) is 3.33. The van der Waals surface area contributed by atoms with Crippen molar-refractivity contribution in [3.63, 3.8) is 0 Å². The highest BCUT2D eigenvalue weighted by molar-refractivity contribution is 5.83. The van der Waals surface area contributed by atoms with Crippen molar-refractivity contribution < 1.29 is 0 Å². The molecular formula is C23H19N3. The third-order valence-corrected chi connectivity index (χ3v) is 4.28. The first-order valence-electron chi connectivity index (χ1n) is 8.60. The summed E-state index contributed by atoms with van der Waals surface area (Å²) in [6, 6.07) is 30.5. The Morgan fingerprint density at radius 1 is 0.731 bits per heavy atom. The summed E-state index contributed by atoms with van der Waals surface area (Å²) in [4.78, 5) is 1.75. The van der Waals surface area contributed by atoms with Crippen LogP contribution in [0.4, 0.5) is 0 Å². The minimum atomic E-state index is 0.628. The second kappa shape index (κ2) is 7.19. The number of benzene rings is 3. The highest BCUT2D eigenvalue weighted by Crippen LogP contribution is 2.29. The van der Waals surface area contributed by atoms with Crippen LogP contribution in [-0.4, -0.2) is 15.0 Å². The van der Waals surface area contributed by atoms with Gasteiger partial charge in [0, 0.05) is 11.1 Å². The van der Waals surface area contributed by atoms with Gasteiger partial charge in [-0.25, -0.2) is 0 Å².